The summed E-state index contributed by atoms with van der Waals surface area (Å²) in [6.45, 7) is 5.92. The molecule has 1 amide bonds. The lowest BCUT2D eigenvalue weighted by atomic mass is 10.2. The Hall–Kier alpha value is -2.93. The number of halogens is 1. The lowest BCUT2D eigenvalue weighted by Gasteiger charge is -2.20. The Labute approximate surface area is 156 Å². The monoisotopic (exact) mass is 374 g/mol. The van der Waals surface area contributed by atoms with Gasteiger partial charge in [0.05, 0.1) is 11.1 Å². The van der Waals surface area contributed by atoms with Gasteiger partial charge in [0.2, 0.25) is 0 Å². The standard InChI is InChI=1S/C18H19ClN4O3/c1-3-22(4-2)15-8-6-14(7-9-15)18(24)21-20-12-13-5-10-16(19)17(11-13)23(25)26/h5-12H,3-4H2,1-2H3,(H,21,24)/b20-12-. The molecular formula is C18H19ClN4O3. The van der Waals surface area contributed by atoms with E-state index in [9.17, 15) is 14.9 Å². The molecule has 0 bridgehead atoms. The summed E-state index contributed by atoms with van der Waals surface area (Å²) in [5.74, 6) is -0.365. The fourth-order valence-electron chi connectivity index (χ4n) is 2.39. The summed E-state index contributed by atoms with van der Waals surface area (Å²) >= 11 is 5.75. The topological polar surface area (TPSA) is 87.8 Å². The fourth-order valence-corrected chi connectivity index (χ4v) is 2.58. The first-order valence-corrected chi connectivity index (χ1v) is 8.46. The van der Waals surface area contributed by atoms with Crippen molar-refractivity contribution >= 4 is 35.1 Å². The third-order valence-electron chi connectivity index (χ3n) is 3.80. The molecular weight excluding hydrogens is 356 g/mol. The van der Waals surface area contributed by atoms with Gasteiger partial charge >= 0.3 is 0 Å². The van der Waals surface area contributed by atoms with Crippen LogP contribution in [0.3, 0.4) is 0 Å². The lowest BCUT2D eigenvalue weighted by molar-refractivity contribution is -0.384. The number of nitrogens with one attached hydrogen (secondary N) is 1. The highest BCUT2D eigenvalue weighted by atomic mass is 35.5. The van der Waals surface area contributed by atoms with Gasteiger partial charge in [-0.2, -0.15) is 5.10 Å². The van der Waals surface area contributed by atoms with Crippen molar-refractivity contribution in [3.63, 3.8) is 0 Å². The van der Waals surface area contributed by atoms with E-state index in [1.54, 1.807) is 18.2 Å². The van der Waals surface area contributed by atoms with E-state index in [2.05, 4.69) is 29.3 Å². The number of carbonyl (C=O) groups is 1. The second-order valence-electron chi connectivity index (χ2n) is 5.39. The molecule has 0 aromatic heterocycles. The van der Waals surface area contributed by atoms with Gasteiger partial charge in [-0.15, -0.1) is 0 Å². The Balaban J connectivity index is 2.03. The van der Waals surface area contributed by atoms with E-state index in [0.29, 0.717) is 11.1 Å². The van der Waals surface area contributed by atoms with E-state index in [1.165, 1.54) is 18.3 Å². The van der Waals surface area contributed by atoms with Gasteiger partial charge in [-0.3, -0.25) is 14.9 Å². The number of nitro groups is 1. The van der Waals surface area contributed by atoms with Crippen molar-refractivity contribution in [2.75, 3.05) is 18.0 Å². The molecule has 0 saturated heterocycles. The Kier molecular flexibility index (Phi) is 6.68. The molecule has 0 heterocycles. The molecule has 0 atom stereocenters. The van der Waals surface area contributed by atoms with Crippen molar-refractivity contribution in [3.05, 3.63) is 68.7 Å². The van der Waals surface area contributed by atoms with E-state index in [-0.39, 0.29) is 16.6 Å². The molecule has 2 aromatic rings. The summed E-state index contributed by atoms with van der Waals surface area (Å²) in [5.41, 5.74) is 4.16. The summed E-state index contributed by atoms with van der Waals surface area (Å²) in [4.78, 5) is 24.6. The maximum atomic E-state index is 12.1. The van der Waals surface area contributed by atoms with E-state index in [4.69, 9.17) is 11.6 Å². The Morgan fingerprint density at radius 1 is 1.23 bits per heavy atom. The highest BCUT2D eigenvalue weighted by Gasteiger charge is 2.12. The minimum atomic E-state index is -0.574. The maximum Gasteiger partial charge on any atom is 0.288 e. The van der Waals surface area contributed by atoms with Gasteiger partial charge in [0.1, 0.15) is 5.02 Å². The number of carbonyl (C=O) groups excluding carboxylic acids is 1. The predicted molar refractivity (Wildman–Crippen MR) is 103 cm³/mol. The van der Waals surface area contributed by atoms with Crippen molar-refractivity contribution in [1.29, 1.82) is 0 Å². The minimum absolute atomic E-state index is 0.0458. The largest absolute Gasteiger partial charge is 0.372 e. The van der Waals surface area contributed by atoms with Crippen LogP contribution in [0.1, 0.15) is 29.8 Å². The zero-order chi connectivity index (χ0) is 19.1. The molecule has 26 heavy (non-hydrogen) atoms. The van der Waals surface area contributed by atoms with E-state index in [1.807, 2.05) is 12.1 Å². The number of amides is 1. The van der Waals surface area contributed by atoms with Crippen LogP contribution in [0.5, 0.6) is 0 Å². The van der Waals surface area contributed by atoms with Gasteiger partial charge in [-0.05, 0) is 44.2 Å². The molecule has 0 saturated carbocycles. The first kappa shape index (κ1) is 19.4. The van der Waals surface area contributed by atoms with Crippen LogP contribution < -0.4 is 10.3 Å². The number of nitro benzene ring substituents is 1. The van der Waals surface area contributed by atoms with Gasteiger partial charge in [0.25, 0.3) is 11.6 Å². The van der Waals surface area contributed by atoms with Crippen LogP contribution in [0.4, 0.5) is 11.4 Å². The van der Waals surface area contributed by atoms with E-state index >= 15 is 0 Å². The van der Waals surface area contributed by atoms with Crippen molar-refractivity contribution in [2.24, 2.45) is 5.10 Å². The van der Waals surface area contributed by atoms with Crippen LogP contribution in [0.2, 0.25) is 5.02 Å². The first-order chi connectivity index (χ1) is 12.5. The second kappa shape index (κ2) is 8.96. The number of hydrogen-bond donors (Lipinski definition) is 1. The molecule has 136 valence electrons. The molecule has 2 aromatic carbocycles. The smallest absolute Gasteiger partial charge is 0.288 e. The van der Waals surface area contributed by atoms with Crippen LogP contribution in [0.15, 0.2) is 47.6 Å². The van der Waals surface area contributed by atoms with Gasteiger partial charge in [-0.1, -0.05) is 17.7 Å². The van der Waals surface area contributed by atoms with Crippen LogP contribution in [0, 0.1) is 10.1 Å². The number of hydrogen-bond acceptors (Lipinski definition) is 5. The van der Waals surface area contributed by atoms with Crippen molar-refractivity contribution in [2.45, 2.75) is 13.8 Å². The lowest BCUT2D eigenvalue weighted by Crippen LogP contribution is -2.22. The summed E-state index contributed by atoms with van der Waals surface area (Å²) < 4.78 is 0. The quantitative estimate of drug-likeness (QED) is 0.453. The van der Waals surface area contributed by atoms with Gasteiger partial charge in [0, 0.05) is 36.0 Å². The summed E-state index contributed by atoms with van der Waals surface area (Å²) in [5, 5.41) is 14.7. The average molecular weight is 375 g/mol. The number of hydrazone groups is 1. The molecule has 0 aliphatic rings. The number of benzene rings is 2. The summed E-state index contributed by atoms with van der Waals surface area (Å²) in [6, 6.07) is 11.5. The van der Waals surface area contributed by atoms with Crippen molar-refractivity contribution in [1.82, 2.24) is 5.43 Å². The van der Waals surface area contributed by atoms with Crippen LogP contribution in [-0.4, -0.2) is 30.1 Å². The molecule has 0 fully saturated rings. The molecule has 0 aliphatic carbocycles. The highest BCUT2D eigenvalue weighted by molar-refractivity contribution is 6.32. The van der Waals surface area contributed by atoms with Gasteiger partial charge < -0.3 is 4.90 Å². The number of rotatable bonds is 7. The normalized spacial score (nSPS) is 10.7. The number of anilines is 1. The van der Waals surface area contributed by atoms with Crippen molar-refractivity contribution in [3.8, 4) is 0 Å². The summed E-state index contributed by atoms with van der Waals surface area (Å²) in [6.07, 6.45) is 1.32. The maximum absolute atomic E-state index is 12.1. The van der Waals surface area contributed by atoms with Crippen LogP contribution in [-0.2, 0) is 0 Å². The van der Waals surface area contributed by atoms with E-state index < -0.39 is 4.92 Å². The minimum Gasteiger partial charge on any atom is -0.372 e. The van der Waals surface area contributed by atoms with E-state index in [0.717, 1.165) is 18.8 Å². The zero-order valence-corrected chi connectivity index (χ0v) is 15.2. The molecule has 0 radical (unpaired) electrons. The molecule has 1 N–H and O–H groups in total. The molecule has 8 heteroatoms. The number of nitrogens with zero attached hydrogens (tertiary/aromatic N) is 3. The Bertz CT molecular complexity index is 818. The zero-order valence-electron chi connectivity index (χ0n) is 14.5. The van der Waals surface area contributed by atoms with Gasteiger partial charge in [-0.25, -0.2) is 5.43 Å². The Morgan fingerprint density at radius 2 is 1.88 bits per heavy atom. The first-order valence-electron chi connectivity index (χ1n) is 8.08. The molecule has 0 unspecified atom stereocenters. The molecule has 0 spiro atoms. The molecule has 2 rings (SSSR count). The molecule has 7 nitrogen and oxygen atoms in total. The molecule has 0 aliphatic heterocycles. The fraction of sp³-hybridized carbons (Fsp3) is 0.222. The van der Waals surface area contributed by atoms with Crippen LogP contribution in [0.25, 0.3) is 0 Å². The second-order valence-corrected chi connectivity index (χ2v) is 5.79. The highest BCUT2D eigenvalue weighted by Crippen LogP contribution is 2.24. The third kappa shape index (κ3) is 4.80. The van der Waals surface area contributed by atoms with Crippen molar-refractivity contribution < 1.29 is 9.72 Å². The SMILES string of the molecule is CCN(CC)c1ccc(C(=O)N/N=C\c2ccc(Cl)c([N+](=O)[O-])c2)cc1. The summed E-state index contributed by atoms with van der Waals surface area (Å²) in [7, 11) is 0. The average Bonchev–Trinajstić information content (AvgIpc) is 2.64. The predicted octanol–water partition coefficient (Wildman–Crippen LogP) is 3.86. The van der Waals surface area contributed by atoms with Gasteiger partial charge in [0.15, 0.2) is 0 Å². The third-order valence-corrected chi connectivity index (χ3v) is 4.12. The van der Waals surface area contributed by atoms with Crippen LogP contribution >= 0.6 is 11.6 Å². The Morgan fingerprint density at radius 3 is 2.46 bits per heavy atom.